The summed E-state index contributed by atoms with van der Waals surface area (Å²) in [6, 6.07) is 16.0. The van der Waals surface area contributed by atoms with E-state index in [0.717, 1.165) is 35.5 Å². The molecule has 1 fully saturated rings. The number of hydrogen-bond acceptors (Lipinski definition) is 3. The third-order valence-corrected chi connectivity index (χ3v) is 4.93. The van der Waals surface area contributed by atoms with Gasteiger partial charge < -0.3 is 10.2 Å². The van der Waals surface area contributed by atoms with E-state index in [2.05, 4.69) is 39.5 Å². The Morgan fingerprint density at radius 1 is 1.23 bits per heavy atom. The minimum absolute atomic E-state index is 0.0552. The summed E-state index contributed by atoms with van der Waals surface area (Å²) in [5.74, 6) is 1.38. The van der Waals surface area contributed by atoms with Crippen molar-refractivity contribution in [3.8, 4) is 0 Å². The number of fused-ring (bicyclic) bond motifs is 1. The Labute approximate surface area is 153 Å². The van der Waals surface area contributed by atoms with Crippen LogP contribution in [0.3, 0.4) is 0 Å². The lowest BCUT2D eigenvalue weighted by Gasteiger charge is -2.23. The summed E-state index contributed by atoms with van der Waals surface area (Å²) in [5.41, 5.74) is 3.12. The molecular formula is C21H24N4O. The van der Waals surface area contributed by atoms with Crippen molar-refractivity contribution in [2.45, 2.75) is 26.2 Å². The molecule has 2 aromatic carbocycles. The highest BCUT2D eigenvalue weighted by molar-refractivity contribution is 6.01. The SMILES string of the molecule is CCN(CC1CC1)c1ccc2[nH]nc(NC(=O)Cc3ccccc3)c2c1. The highest BCUT2D eigenvalue weighted by Gasteiger charge is 2.24. The molecule has 1 aliphatic carbocycles. The van der Waals surface area contributed by atoms with E-state index in [0.29, 0.717) is 12.2 Å². The van der Waals surface area contributed by atoms with Crippen LogP contribution >= 0.6 is 0 Å². The number of nitrogens with zero attached hydrogens (tertiary/aromatic N) is 2. The van der Waals surface area contributed by atoms with Gasteiger partial charge in [0.2, 0.25) is 5.91 Å². The van der Waals surface area contributed by atoms with Gasteiger partial charge in [0.05, 0.1) is 11.9 Å². The predicted octanol–water partition coefficient (Wildman–Crippen LogP) is 3.98. The van der Waals surface area contributed by atoms with E-state index < -0.39 is 0 Å². The van der Waals surface area contributed by atoms with Crippen LogP contribution in [-0.2, 0) is 11.2 Å². The van der Waals surface area contributed by atoms with Gasteiger partial charge in [-0.2, -0.15) is 5.10 Å². The minimum Gasteiger partial charge on any atom is -0.372 e. The van der Waals surface area contributed by atoms with Gasteiger partial charge in [0.1, 0.15) is 0 Å². The van der Waals surface area contributed by atoms with E-state index in [9.17, 15) is 4.79 Å². The maximum absolute atomic E-state index is 12.4. The van der Waals surface area contributed by atoms with Crippen LogP contribution in [0.2, 0.25) is 0 Å². The van der Waals surface area contributed by atoms with Gasteiger partial charge in [-0.25, -0.2) is 0 Å². The lowest BCUT2D eigenvalue weighted by Crippen LogP contribution is -2.25. The van der Waals surface area contributed by atoms with Gasteiger partial charge in [-0.1, -0.05) is 30.3 Å². The van der Waals surface area contributed by atoms with E-state index in [1.54, 1.807) is 0 Å². The summed E-state index contributed by atoms with van der Waals surface area (Å²) in [7, 11) is 0. The molecule has 0 saturated heterocycles. The molecule has 1 aromatic heterocycles. The largest absolute Gasteiger partial charge is 0.372 e. The molecule has 3 aromatic rings. The Bertz CT molecular complexity index is 899. The molecule has 1 amide bonds. The van der Waals surface area contributed by atoms with Gasteiger partial charge in [0.15, 0.2) is 5.82 Å². The van der Waals surface area contributed by atoms with E-state index in [-0.39, 0.29) is 5.91 Å². The molecule has 4 rings (SSSR count). The molecule has 26 heavy (non-hydrogen) atoms. The van der Waals surface area contributed by atoms with Crippen LogP contribution in [-0.4, -0.2) is 29.2 Å². The maximum Gasteiger partial charge on any atom is 0.230 e. The first-order valence-corrected chi connectivity index (χ1v) is 9.30. The molecule has 1 saturated carbocycles. The van der Waals surface area contributed by atoms with Gasteiger partial charge in [-0.3, -0.25) is 9.89 Å². The van der Waals surface area contributed by atoms with Gasteiger partial charge >= 0.3 is 0 Å². The Morgan fingerprint density at radius 2 is 2.04 bits per heavy atom. The molecule has 1 aliphatic rings. The molecule has 0 radical (unpaired) electrons. The number of carbonyl (C=O) groups excluding carboxylic acids is 1. The molecule has 1 heterocycles. The number of amides is 1. The van der Waals surface area contributed by atoms with Gasteiger partial charge in [0.25, 0.3) is 0 Å². The first-order chi connectivity index (χ1) is 12.7. The number of aromatic nitrogens is 2. The van der Waals surface area contributed by atoms with Crippen molar-refractivity contribution in [2.24, 2.45) is 5.92 Å². The molecule has 2 N–H and O–H groups in total. The zero-order valence-corrected chi connectivity index (χ0v) is 15.0. The quantitative estimate of drug-likeness (QED) is 0.679. The molecular weight excluding hydrogens is 324 g/mol. The van der Waals surface area contributed by atoms with Crippen molar-refractivity contribution in [3.63, 3.8) is 0 Å². The number of hydrogen-bond donors (Lipinski definition) is 2. The van der Waals surface area contributed by atoms with Gasteiger partial charge in [-0.05, 0) is 49.4 Å². The number of aromatic amines is 1. The number of benzene rings is 2. The van der Waals surface area contributed by atoms with Crippen LogP contribution in [0.15, 0.2) is 48.5 Å². The number of H-pyrrole nitrogens is 1. The second-order valence-corrected chi connectivity index (χ2v) is 6.99. The fraction of sp³-hybridized carbons (Fsp3) is 0.333. The second kappa shape index (κ2) is 7.20. The average molecular weight is 348 g/mol. The summed E-state index contributed by atoms with van der Waals surface area (Å²) in [4.78, 5) is 14.8. The van der Waals surface area contributed by atoms with Crippen molar-refractivity contribution in [1.29, 1.82) is 0 Å². The Hall–Kier alpha value is -2.82. The van der Waals surface area contributed by atoms with Crippen LogP contribution in [0.25, 0.3) is 10.9 Å². The molecule has 5 heteroatoms. The molecule has 0 aliphatic heterocycles. The normalized spacial score (nSPS) is 13.7. The average Bonchev–Trinajstić information content (AvgIpc) is 3.40. The topological polar surface area (TPSA) is 61.0 Å². The van der Waals surface area contributed by atoms with Crippen molar-refractivity contribution in [3.05, 3.63) is 54.1 Å². The van der Waals surface area contributed by atoms with Crippen LogP contribution in [0.1, 0.15) is 25.3 Å². The first kappa shape index (κ1) is 16.6. The summed E-state index contributed by atoms with van der Waals surface area (Å²) in [6.45, 7) is 4.27. The van der Waals surface area contributed by atoms with E-state index >= 15 is 0 Å². The Morgan fingerprint density at radius 3 is 2.77 bits per heavy atom. The minimum atomic E-state index is -0.0552. The summed E-state index contributed by atoms with van der Waals surface area (Å²) in [6.07, 6.45) is 3.02. The zero-order valence-electron chi connectivity index (χ0n) is 15.0. The van der Waals surface area contributed by atoms with Crippen LogP contribution in [0.4, 0.5) is 11.5 Å². The highest BCUT2D eigenvalue weighted by Crippen LogP contribution is 2.33. The van der Waals surface area contributed by atoms with Crippen molar-refractivity contribution < 1.29 is 4.79 Å². The molecule has 0 bridgehead atoms. The highest BCUT2D eigenvalue weighted by atomic mass is 16.1. The van der Waals surface area contributed by atoms with Gasteiger partial charge in [0, 0.05) is 24.2 Å². The molecule has 5 nitrogen and oxygen atoms in total. The monoisotopic (exact) mass is 348 g/mol. The number of rotatable bonds is 7. The van der Waals surface area contributed by atoms with Crippen molar-refractivity contribution in [1.82, 2.24) is 10.2 Å². The zero-order chi connectivity index (χ0) is 17.9. The summed E-state index contributed by atoms with van der Waals surface area (Å²) in [5, 5.41) is 11.2. The summed E-state index contributed by atoms with van der Waals surface area (Å²) < 4.78 is 0. The fourth-order valence-corrected chi connectivity index (χ4v) is 3.28. The Balaban J connectivity index is 1.53. The molecule has 0 unspecified atom stereocenters. The van der Waals surface area contributed by atoms with Crippen LogP contribution < -0.4 is 10.2 Å². The fourth-order valence-electron chi connectivity index (χ4n) is 3.28. The lowest BCUT2D eigenvalue weighted by atomic mass is 10.1. The first-order valence-electron chi connectivity index (χ1n) is 9.30. The second-order valence-electron chi connectivity index (χ2n) is 6.99. The third-order valence-electron chi connectivity index (χ3n) is 4.93. The van der Waals surface area contributed by atoms with E-state index in [1.165, 1.54) is 18.5 Å². The third kappa shape index (κ3) is 3.72. The van der Waals surface area contributed by atoms with Crippen molar-refractivity contribution in [2.75, 3.05) is 23.3 Å². The van der Waals surface area contributed by atoms with E-state index in [4.69, 9.17) is 0 Å². The molecule has 134 valence electrons. The maximum atomic E-state index is 12.4. The Kier molecular flexibility index (Phi) is 4.61. The van der Waals surface area contributed by atoms with Crippen molar-refractivity contribution >= 4 is 28.3 Å². The number of nitrogens with one attached hydrogen (secondary N) is 2. The molecule has 0 spiro atoms. The van der Waals surface area contributed by atoms with E-state index in [1.807, 2.05) is 36.4 Å². The van der Waals surface area contributed by atoms with Gasteiger partial charge in [-0.15, -0.1) is 0 Å². The smallest absolute Gasteiger partial charge is 0.230 e. The standard InChI is InChI=1S/C21H24N4O/c1-2-25(14-16-8-9-16)17-10-11-19-18(13-17)21(24-23-19)22-20(26)12-15-6-4-3-5-7-15/h3-7,10-11,13,16H,2,8-9,12,14H2,1H3,(H2,22,23,24,26). The van der Waals surface area contributed by atoms with Crippen LogP contribution in [0, 0.1) is 5.92 Å². The van der Waals surface area contributed by atoms with Crippen LogP contribution in [0.5, 0.6) is 0 Å². The predicted molar refractivity (Wildman–Crippen MR) is 105 cm³/mol. The lowest BCUT2D eigenvalue weighted by molar-refractivity contribution is -0.115. The number of anilines is 2. The summed E-state index contributed by atoms with van der Waals surface area (Å²) >= 11 is 0. The number of carbonyl (C=O) groups is 1. The molecule has 0 atom stereocenters.